The molecule has 0 fully saturated rings. The van der Waals surface area contributed by atoms with E-state index in [1.54, 1.807) is 6.92 Å². The van der Waals surface area contributed by atoms with Gasteiger partial charge in [0.05, 0.1) is 5.75 Å². The largest absolute Gasteiger partial charge is 0.396 e. The summed E-state index contributed by atoms with van der Waals surface area (Å²) < 4.78 is 24.6. The van der Waals surface area contributed by atoms with Crippen molar-refractivity contribution < 1.29 is 13.5 Å². The Morgan fingerprint density at radius 1 is 1.38 bits per heavy atom. The third kappa shape index (κ3) is 6.01. The quantitative estimate of drug-likeness (QED) is 0.662. The van der Waals surface area contributed by atoms with Gasteiger partial charge in [0.2, 0.25) is 10.0 Å². The highest BCUT2D eigenvalue weighted by Gasteiger charge is 2.19. The number of rotatable bonds is 6. The summed E-state index contributed by atoms with van der Waals surface area (Å²) in [4.78, 5) is 0. The molecule has 0 saturated heterocycles. The summed E-state index contributed by atoms with van der Waals surface area (Å²) in [6, 6.07) is 0. The van der Waals surface area contributed by atoms with Crippen LogP contribution in [0.15, 0.2) is 0 Å². The van der Waals surface area contributed by atoms with Crippen molar-refractivity contribution in [2.75, 3.05) is 18.9 Å². The van der Waals surface area contributed by atoms with E-state index in [0.717, 1.165) is 0 Å². The van der Waals surface area contributed by atoms with Crippen LogP contribution in [0.4, 0.5) is 0 Å². The maximum absolute atomic E-state index is 11.1. The summed E-state index contributed by atoms with van der Waals surface area (Å²) in [5.74, 6) is 0.0994. The molecule has 0 aliphatic rings. The smallest absolute Gasteiger partial charge is 0.211 e. The van der Waals surface area contributed by atoms with Gasteiger partial charge in [0.25, 0.3) is 0 Å². The molecule has 0 amide bonds. The number of hydrogen-bond acceptors (Lipinski definition) is 3. The van der Waals surface area contributed by atoms with E-state index in [-0.39, 0.29) is 17.8 Å². The van der Waals surface area contributed by atoms with Crippen LogP contribution in [-0.4, -0.2) is 32.4 Å². The second kappa shape index (κ2) is 4.93. The van der Waals surface area contributed by atoms with E-state index < -0.39 is 10.0 Å². The topological polar surface area (TPSA) is 66.4 Å². The highest BCUT2D eigenvalue weighted by atomic mass is 32.2. The Balaban J connectivity index is 4.01. The summed E-state index contributed by atoms with van der Waals surface area (Å²) in [5, 5.41) is 8.71. The molecule has 0 bridgehead atoms. The molecule has 0 aliphatic carbocycles. The summed E-state index contributed by atoms with van der Waals surface area (Å²) in [5.41, 5.74) is -0.184. The van der Waals surface area contributed by atoms with Gasteiger partial charge >= 0.3 is 0 Å². The molecule has 0 rings (SSSR count). The lowest BCUT2D eigenvalue weighted by Crippen LogP contribution is -2.35. The number of aliphatic hydroxyl groups is 1. The molecule has 0 heterocycles. The van der Waals surface area contributed by atoms with E-state index in [9.17, 15) is 8.42 Å². The van der Waals surface area contributed by atoms with Gasteiger partial charge in [-0.3, -0.25) is 0 Å². The van der Waals surface area contributed by atoms with Crippen LogP contribution in [0.3, 0.4) is 0 Å². The van der Waals surface area contributed by atoms with Crippen LogP contribution < -0.4 is 4.72 Å². The third-order valence-corrected chi connectivity index (χ3v) is 3.28. The molecule has 0 atom stereocenters. The molecule has 0 aliphatic heterocycles. The molecule has 5 heteroatoms. The predicted molar refractivity (Wildman–Crippen MR) is 52.9 cm³/mol. The molecular weight excluding hydrogens is 190 g/mol. The van der Waals surface area contributed by atoms with Gasteiger partial charge in [-0.05, 0) is 18.8 Å². The van der Waals surface area contributed by atoms with Crippen LogP contribution in [-0.2, 0) is 10.0 Å². The number of hydrogen-bond donors (Lipinski definition) is 2. The molecule has 0 unspecified atom stereocenters. The van der Waals surface area contributed by atoms with E-state index in [2.05, 4.69) is 4.72 Å². The Kier molecular flexibility index (Phi) is 4.88. The first-order chi connectivity index (χ1) is 5.83. The minimum atomic E-state index is -3.10. The van der Waals surface area contributed by atoms with Crippen LogP contribution in [0.1, 0.15) is 27.2 Å². The van der Waals surface area contributed by atoms with Gasteiger partial charge in [0.15, 0.2) is 0 Å². The summed E-state index contributed by atoms with van der Waals surface area (Å²) in [7, 11) is -3.10. The zero-order valence-corrected chi connectivity index (χ0v) is 9.32. The normalized spacial score (nSPS) is 13.2. The van der Waals surface area contributed by atoms with Crippen molar-refractivity contribution in [3.63, 3.8) is 0 Å². The average Bonchev–Trinajstić information content (AvgIpc) is 2.02. The average molecular weight is 209 g/mol. The fourth-order valence-corrected chi connectivity index (χ4v) is 1.61. The maximum Gasteiger partial charge on any atom is 0.211 e. The van der Waals surface area contributed by atoms with E-state index in [1.807, 2.05) is 13.8 Å². The minimum Gasteiger partial charge on any atom is -0.396 e. The lowest BCUT2D eigenvalue weighted by molar-refractivity contribution is 0.213. The van der Waals surface area contributed by atoms with Crippen LogP contribution in [0.5, 0.6) is 0 Å². The standard InChI is InChI=1S/C8H19NO3S/c1-4-13(11,12)9-7-8(2,3)5-6-10/h9-10H,4-7H2,1-3H3. The van der Waals surface area contributed by atoms with Crippen LogP contribution in [0, 0.1) is 5.41 Å². The first-order valence-electron chi connectivity index (χ1n) is 4.41. The van der Waals surface area contributed by atoms with Crippen molar-refractivity contribution in [3.8, 4) is 0 Å². The molecule has 2 N–H and O–H groups in total. The van der Waals surface area contributed by atoms with E-state index in [4.69, 9.17) is 5.11 Å². The fraction of sp³-hybridized carbons (Fsp3) is 1.00. The second-order valence-electron chi connectivity index (χ2n) is 3.86. The Morgan fingerprint density at radius 2 is 1.92 bits per heavy atom. The van der Waals surface area contributed by atoms with Crippen molar-refractivity contribution in [1.82, 2.24) is 4.72 Å². The van der Waals surface area contributed by atoms with Crippen LogP contribution >= 0.6 is 0 Å². The van der Waals surface area contributed by atoms with E-state index in [1.165, 1.54) is 0 Å². The monoisotopic (exact) mass is 209 g/mol. The fourth-order valence-electron chi connectivity index (χ4n) is 0.798. The van der Waals surface area contributed by atoms with Crippen LogP contribution in [0.2, 0.25) is 0 Å². The zero-order valence-electron chi connectivity index (χ0n) is 8.50. The summed E-state index contributed by atoms with van der Waals surface area (Å²) in [6.45, 7) is 5.90. The molecule has 0 aromatic heterocycles. The van der Waals surface area contributed by atoms with Crippen molar-refractivity contribution in [3.05, 3.63) is 0 Å². The number of aliphatic hydroxyl groups excluding tert-OH is 1. The van der Waals surface area contributed by atoms with Crippen molar-refractivity contribution in [2.45, 2.75) is 27.2 Å². The Labute approximate surface area is 80.4 Å². The van der Waals surface area contributed by atoms with Gasteiger partial charge in [-0.2, -0.15) is 0 Å². The van der Waals surface area contributed by atoms with Crippen LogP contribution in [0.25, 0.3) is 0 Å². The molecular formula is C8H19NO3S. The Hall–Kier alpha value is -0.130. The summed E-state index contributed by atoms with van der Waals surface area (Å²) in [6.07, 6.45) is 0.596. The van der Waals surface area contributed by atoms with Gasteiger partial charge in [-0.25, -0.2) is 13.1 Å². The molecule has 0 saturated carbocycles. The molecule has 0 radical (unpaired) electrons. The second-order valence-corrected chi connectivity index (χ2v) is 5.96. The maximum atomic E-state index is 11.1. The van der Waals surface area contributed by atoms with Gasteiger partial charge < -0.3 is 5.11 Å². The first-order valence-corrected chi connectivity index (χ1v) is 6.06. The first kappa shape index (κ1) is 12.9. The van der Waals surface area contributed by atoms with Crippen molar-refractivity contribution in [1.29, 1.82) is 0 Å². The molecule has 4 nitrogen and oxygen atoms in total. The molecule has 0 spiro atoms. The molecule has 0 aromatic rings. The van der Waals surface area contributed by atoms with Crippen molar-refractivity contribution in [2.24, 2.45) is 5.41 Å². The van der Waals surface area contributed by atoms with Gasteiger partial charge in [0, 0.05) is 13.2 Å². The Bertz CT molecular complexity index is 234. The molecule has 0 aromatic carbocycles. The highest BCUT2D eigenvalue weighted by Crippen LogP contribution is 2.18. The minimum absolute atomic E-state index is 0.0842. The highest BCUT2D eigenvalue weighted by molar-refractivity contribution is 7.89. The summed E-state index contributed by atoms with van der Waals surface area (Å²) >= 11 is 0. The van der Waals surface area contributed by atoms with Gasteiger partial charge in [-0.15, -0.1) is 0 Å². The van der Waals surface area contributed by atoms with E-state index >= 15 is 0 Å². The Morgan fingerprint density at radius 3 is 2.31 bits per heavy atom. The predicted octanol–water partition coefficient (Wildman–Crippen LogP) is 0.334. The zero-order chi connectivity index (χ0) is 10.5. The molecule has 13 heavy (non-hydrogen) atoms. The number of nitrogens with one attached hydrogen (secondary N) is 1. The van der Waals surface area contributed by atoms with E-state index in [0.29, 0.717) is 13.0 Å². The molecule has 80 valence electrons. The third-order valence-electron chi connectivity index (χ3n) is 1.94. The lowest BCUT2D eigenvalue weighted by Gasteiger charge is -2.23. The lowest BCUT2D eigenvalue weighted by atomic mass is 9.90. The SMILES string of the molecule is CCS(=O)(=O)NCC(C)(C)CCO. The number of sulfonamides is 1. The van der Waals surface area contributed by atoms with Gasteiger partial charge in [-0.1, -0.05) is 13.8 Å². The van der Waals surface area contributed by atoms with Gasteiger partial charge in [0.1, 0.15) is 0 Å². The van der Waals surface area contributed by atoms with Crippen molar-refractivity contribution >= 4 is 10.0 Å².